The van der Waals surface area contributed by atoms with E-state index in [9.17, 15) is 4.79 Å². The van der Waals surface area contributed by atoms with Gasteiger partial charge in [0.2, 0.25) is 5.91 Å². The number of hydrogen-bond acceptors (Lipinski definition) is 4. The fourth-order valence-corrected chi connectivity index (χ4v) is 1.86. The van der Waals surface area contributed by atoms with Crippen molar-refractivity contribution in [2.75, 3.05) is 39.3 Å². The van der Waals surface area contributed by atoms with Gasteiger partial charge in [0.15, 0.2) is 0 Å². The number of β-amino-alcohol motifs (C(OH)–C–C–N with tert-alkyl or cyclic N) is 1. The molecule has 1 saturated heterocycles. The zero-order chi connectivity index (χ0) is 12.0. The third kappa shape index (κ3) is 4.08. The number of aliphatic hydroxyl groups is 1. The predicted octanol–water partition coefficient (Wildman–Crippen LogP) is -0.750. The minimum Gasteiger partial charge on any atom is -0.395 e. The van der Waals surface area contributed by atoms with Crippen LogP contribution >= 0.6 is 0 Å². The Kier molecular flexibility index (Phi) is 5.73. The zero-order valence-corrected chi connectivity index (χ0v) is 10.1. The molecule has 1 rings (SSSR count). The highest BCUT2D eigenvalue weighted by molar-refractivity contribution is 5.76. The molecular weight excluding hydrogens is 206 g/mol. The van der Waals surface area contributed by atoms with Crippen molar-refractivity contribution >= 4 is 5.91 Å². The standard InChI is InChI=1S/C11H23N3O2/c1-2-10(12)9-11(16)14-5-3-13(4-6-14)7-8-15/h10,15H,2-9,12H2,1H3. The molecule has 0 aromatic heterocycles. The molecule has 5 heteroatoms. The Hall–Kier alpha value is -0.650. The first kappa shape index (κ1) is 13.4. The van der Waals surface area contributed by atoms with Gasteiger partial charge in [0.1, 0.15) is 0 Å². The number of carbonyl (C=O) groups is 1. The smallest absolute Gasteiger partial charge is 0.224 e. The highest BCUT2D eigenvalue weighted by Crippen LogP contribution is 2.05. The molecule has 0 radical (unpaired) electrons. The van der Waals surface area contributed by atoms with Gasteiger partial charge in [-0.3, -0.25) is 9.69 Å². The van der Waals surface area contributed by atoms with E-state index in [2.05, 4.69) is 4.90 Å². The summed E-state index contributed by atoms with van der Waals surface area (Å²) < 4.78 is 0. The number of amides is 1. The van der Waals surface area contributed by atoms with Crippen molar-refractivity contribution in [3.05, 3.63) is 0 Å². The number of nitrogens with two attached hydrogens (primary N) is 1. The third-order valence-corrected chi connectivity index (χ3v) is 3.10. The lowest BCUT2D eigenvalue weighted by Crippen LogP contribution is -2.50. The summed E-state index contributed by atoms with van der Waals surface area (Å²) in [6.07, 6.45) is 1.30. The summed E-state index contributed by atoms with van der Waals surface area (Å²) in [4.78, 5) is 15.9. The summed E-state index contributed by atoms with van der Waals surface area (Å²) in [6.45, 7) is 6.12. The SMILES string of the molecule is CCC(N)CC(=O)N1CCN(CCO)CC1. The number of aliphatic hydroxyl groups excluding tert-OH is 1. The number of piperazine rings is 1. The number of carbonyl (C=O) groups excluding carboxylic acids is 1. The Bertz CT molecular complexity index is 215. The lowest BCUT2D eigenvalue weighted by Gasteiger charge is -2.34. The molecule has 3 N–H and O–H groups in total. The van der Waals surface area contributed by atoms with E-state index in [1.807, 2.05) is 11.8 Å². The van der Waals surface area contributed by atoms with Gasteiger partial charge in [-0.15, -0.1) is 0 Å². The Morgan fingerprint density at radius 3 is 2.50 bits per heavy atom. The average molecular weight is 229 g/mol. The van der Waals surface area contributed by atoms with Gasteiger partial charge in [-0.05, 0) is 6.42 Å². The molecule has 0 saturated carbocycles. The lowest BCUT2D eigenvalue weighted by molar-refractivity contribution is -0.133. The van der Waals surface area contributed by atoms with Crippen LogP contribution in [0.2, 0.25) is 0 Å². The first-order valence-electron chi connectivity index (χ1n) is 6.04. The van der Waals surface area contributed by atoms with Crippen LogP contribution in [0.1, 0.15) is 19.8 Å². The van der Waals surface area contributed by atoms with Gasteiger partial charge in [0.25, 0.3) is 0 Å². The second-order valence-electron chi connectivity index (χ2n) is 4.32. The minimum atomic E-state index is -0.0111. The highest BCUT2D eigenvalue weighted by atomic mass is 16.3. The fourth-order valence-electron chi connectivity index (χ4n) is 1.86. The van der Waals surface area contributed by atoms with E-state index >= 15 is 0 Å². The summed E-state index contributed by atoms with van der Waals surface area (Å²) >= 11 is 0. The monoisotopic (exact) mass is 229 g/mol. The summed E-state index contributed by atoms with van der Waals surface area (Å²) in [7, 11) is 0. The first-order chi connectivity index (χ1) is 7.67. The van der Waals surface area contributed by atoms with Crippen LogP contribution < -0.4 is 5.73 Å². The van der Waals surface area contributed by atoms with E-state index in [1.165, 1.54) is 0 Å². The van der Waals surface area contributed by atoms with Crippen LogP contribution in [-0.4, -0.2) is 66.2 Å². The number of hydrogen-bond donors (Lipinski definition) is 2. The van der Waals surface area contributed by atoms with Crippen LogP contribution in [0.3, 0.4) is 0 Å². The van der Waals surface area contributed by atoms with Gasteiger partial charge in [-0.1, -0.05) is 6.92 Å². The topological polar surface area (TPSA) is 69.8 Å². The van der Waals surface area contributed by atoms with Crippen molar-refractivity contribution in [3.63, 3.8) is 0 Å². The number of rotatable bonds is 5. The predicted molar refractivity (Wildman–Crippen MR) is 63.0 cm³/mol. The van der Waals surface area contributed by atoms with E-state index in [4.69, 9.17) is 10.8 Å². The zero-order valence-electron chi connectivity index (χ0n) is 10.1. The maximum absolute atomic E-state index is 11.8. The van der Waals surface area contributed by atoms with Gasteiger partial charge in [-0.25, -0.2) is 0 Å². The molecule has 0 bridgehead atoms. The molecule has 1 atom stereocenters. The van der Waals surface area contributed by atoms with Gasteiger partial charge in [0.05, 0.1) is 6.61 Å². The molecule has 0 aliphatic carbocycles. The highest BCUT2D eigenvalue weighted by Gasteiger charge is 2.21. The Morgan fingerprint density at radius 2 is 2.00 bits per heavy atom. The summed E-state index contributed by atoms with van der Waals surface area (Å²) in [6, 6.07) is -0.0111. The van der Waals surface area contributed by atoms with Gasteiger partial charge in [-0.2, -0.15) is 0 Å². The van der Waals surface area contributed by atoms with Crippen molar-refractivity contribution in [3.8, 4) is 0 Å². The van der Waals surface area contributed by atoms with Crippen LogP contribution in [0.15, 0.2) is 0 Å². The molecule has 0 aromatic rings. The quantitative estimate of drug-likeness (QED) is 0.651. The van der Waals surface area contributed by atoms with Crippen LogP contribution in [0.4, 0.5) is 0 Å². The van der Waals surface area contributed by atoms with Crippen molar-refractivity contribution in [2.45, 2.75) is 25.8 Å². The molecule has 0 aromatic carbocycles. The van der Waals surface area contributed by atoms with E-state index in [-0.39, 0.29) is 18.6 Å². The second-order valence-corrected chi connectivity index (χ2v) is 4.32. The molecule has 1 aliphatic heterocycles. The molecule has 1 heterocycles. The second kappa shape index (κ2) is 6.83. The summed E-state index contributed by atoms with van der Waals surface area (Å²) in [5.41, 5.74) is 5.76. The summed E-state index contributed by atoms with van der Waals surface area (Å²) in [5.74, 6) is 0.165. The largest absolute Gasteiger partial charge is 0.395 e. The van der Waals surface area contributed by atoms with Crippen LogP contribution in [0.25, 0.3) is 0 Å². The van der Waals surface area contributed by atoms with Crippen LogP contribution in [0, 0.1) is 0 Å². The minimum absolute atomic E-state index is 0.0111. The van der Waals surface area contributed by atoms with Crippen molar-refractivity contribution in [2.24, 2.45) is 5.73 Å². The van der Waals surface area contributed by atoms with Crippen LogP contribution in [0.5, 0.6) is 0 Å². The van der Waals surface area contributed by atoms with Crippen molar-refractivity contribution in [1.29, 1.82) is 0 Å². The van der Waals surface area contributed by atoms with Crippen molar-refractivity contribution in [1.82, 2.24) is 9.80 Å². The molecule has 1 unspecified atom stereocenters. The van der Waals surface area contributed by atoms with E-state index < -0.39 is 0 Å². The van der Waals surface area contributed by atoms with Gasteiger partial charge in [0, 0.05) is 45.2 Å². The van der Waals surface area contributed by atoms with E-state index in [0.29, 0.717) is 13.0 Å². The Labute approximate surface area is 97.2 Å². The average Bonchev–Trinajstić information content (AvgIpc) is 2.30. The van der Waals surface area contributed by atoms with Gasteiger partial charge < -0.3 is 15.7 Å². The van der Waals surface area contributed by atoms with Crippen molar-refractivity contribution < 1.29 is 9.90 Å². The fraction of sp³-hybridized carbons (Fsp3) is 0.909. The molecule has 5 nitrogen and oxygen atoms in total. The van der Waals surface area contributed by atoms with E-state index in [1.54, 1.807) is 0 Å². The molecular formula is C11H23N3O2. The number of nitrogens with zero attached hydrogens (tertiary/aromatic N) is 2. The molecule has 16 heavy (non-hydrogen) atoms. The molecule has 1 aliphatic rings. The Morgan fingerprint density at radius 1 is 1.38 bits per heavy atom. The molecule has 1 fully saturated rings. The molecule has 94 valence electrons. The van der Waals surface area contributed by atoms with Crippen LogP contribution in [-0.2, 0) is 4.79 Å². The molecule has 1 amide bonds. The maximum atomic E-state index is 11.8. The van der Waals surface area contributed by atoms with Gasteiger partial charge >= 0.3 is 0 Å². The first-order valence-corrected chi connectivity index (χ1v) is 6.04. The third-order valence-electron chi connectivity index (χ3n) is 3.10. The summed E-state index contributed by atoms with van der Waals surface area (Å²) in [5, 5.41) is 8.81. The Balaban J connectivity index is 2.27. The van der Waals surface area contributed by atoms with E-state index in [0.717, 1.165) is 32.6 Å². The molecule has 0 spiro atoms. The maximum Gasteiger partial charge on any atom is 0.224 e. The normalized spacial score (nSPS) is 19.8. The lowest BCUT2D eigenvalue weighted by atomic mass is 10.1.